The van der Waals surface area contributed by atoms with Crippen molar-refractivity contribution in [2.24, 2.45) is 0 Å². The van der Waals surface area contributed by atoms with E-state index in [1.54, 1.807) is 12.1 Å². The topological polar surface area (TPSA) is 86.4 Å². The van der Waals surface area contributed by atoms with E-state index in [2.05, 4.69) is 4.98 Å². The number of fused-ring (bicyclic) bond motifs is 2. The molecule has 0 spiro atoms. The van der Waals surface area contributed by atoms with Crippen LogP contribution >= 0.6 is 0 Å². The molecule has 1 saturated heterocycles. The van der Waals surface area contributed by atoms with Crippen LogP contribution in [0.1, 0.15) is 47.6 Å². The van der Waals surface area contributed by atoms with Crippen molar-refractivity contribution in [3.63, 3.8) is 0 Å². The lowest BCUT2D eigenvalue weighted by atomic mass is 10.1. The average Bonchev–Trinajstić information content (AvgIpc) is 3.40. The Morgan fingerprint density at radius 1 is 1.20 bits per heavy atom. The van der Waals surface area contributed by atoms with Gasteiger partial charge in [-0.3, -0.25) is 9.10 Å². The number of nitrogens with zero attached hydrogens (tertiary/aromatic N) is 3. The van der Waals surface area contributed by atoms with Gasteiger partial charge in [0.1, 0.15) is 5.82 Å². The molecule has 2 aromatic carbocycles. The van der Waals surface area contributed by atoms with Gasteiger partial charge in [-0.1, -0.05) is 12.1 Å². The zero-order chi connectivity index (χ0) is 21.0. The molecule has 0 saturated carbocycles. The second-order valence-electron chi connectivity index (χ2n) is 8.25. The molecule has 0 radical (unpaired) electrons. The standard InChI is InChI=1S/C22H24N4O3S/c1-14-12-16-13-15(9-10-19(16)26(14)30(2,28)29)22(27)25-11-5-8-20(25)21-23-17-6-3-4-7-18(17)24-21/h3-4,6-7,9-10,13-14,20H,5,8,11-12H2,1-2H3,(H,23,24). The number of imidazole rings is 1. The lowest BCUT2D eigenvalue weighted by molar-refractivity contribution is 0.0730. The lowest BCUT2D eigenvalue weighted by Gasteiger charge is -2.24. The fourth-order valence-electron chi connectivity index (χ4n) is 4.83. The third-order valence-electron chi connectivity index (χ3n) is 6.07. The van der Waals surface area contributed by atoms with Gasteiger partial charge in [0.2, 0.25) is 10.0 Å². The SMILES string of the molecule is CC1Cc2cc(C(=O)N3CCCC3c3nc4ccccc4[nH]3)ccc2N1S(C)(=O)=O. The third-order valence-corrected chi connectivity index (χ3v) is 7.35. The highest BCUT2D eigenvalue weighted by atomic mass is 32.2. The van der Waals surface area contributed by atoms with Crippen LogP contribution in [0.3, 0.4) is 0 Å². The van der Waals surface area contributed by atoms with Crippen LogP contribution in [-0.4, -0.2) is 48.0 Å². The molecular weight excluding hydrogens is 400 g/mol. The van der Waals surface area contributed by atoms with Crippen LogP contribution in [0.15, 0.2) is 42.5 Å². The van der Waals surface area contributed by atoms with Crippen molar-refractivity contribution >= 4 is 32.7 Å². The van der Waals surface area contributed by atoms with Gasteiger partial charge in [-0.25, -0.2) is 13.4 Å². The predicted octanol–water partition coefficient (Wildman–Crippen LogP) is 3.25. The lowest BCUT2D eigenvalue weighted by Crippen LogP contribution is -2.34. The van der Waals surface area contributed by atoms with Gasteiger partial charge >= 0.3 is 0 Å². The number of aromatic amines is 1. The molecule has 2 aliphatic rings. The first-order valence-electron chi connectivity index (χ1n) is 10.2. The summed E-state index contributed by atoms with van der Waals surface area (Å²) in [5, 5.41) is 0. The molecule has 0 aliphatic carbocycles. The van der Waals surface area contributed by atoms with Gasteiger partial charge in [-0.15, -0.1) is 0 Å². The van der Waals surface area contributed by atoms with E-state index in [1.807, 2.05) is 42.2 Å². The molecule has 3 heterocycles. The number of nitrogens with one attached hydrogen (secondary N) is 1. The number of H-pyrrole nitrogens is 1. The van der Waals surface area contributed by atoms with Crippen LogP contribution in [0.25, 0.3) is 11.0 Å². The normalized spacial score (nSPS) is 21.4. The van der Waals surface area contributed by atoms with Crippen molar-refractivity contribution in [2.45, 2.75) is 38.3 Å². The first-order valence-corrected chi connectivity index (χ1v) is 12.1. The van der Waals surface area contributed by atoms with Crippen LogP contribution in [0, 0.1) is 0 Å². The molecule has 2 atom stereocenters. The van der Waals surface area contributed by atoms with E-state index < -0.39 is 10.0 Å². The Kier molecular flexibility index (Phi) is 4.36. The summed E-state index contributed by atoms with van der Waals surface area (Å²) in [6, 6.07) is 13.0. The number of hydrogen-bond donors (Lipinski definition) is 1. The molecule has 3 aromatic rings. The Balaban J connectivity index is 1.45. The van der Waals surface area contributed by atoms with E-state index >= 15 is 0 Å². The Bertz CT molecular complexity index is 1220. The summed E-state index contributed by atoms with van der Waals surface area (Å²) in [7, 11) is -3.35. The predicted molar refractivity (Wildman–Crippen MR) is 116 cm³/mol. The molecule has 1 aromatic heterocycles. The molecule has 5 rings (SSSR count). The second kappa shape index (κ2) is 6.84. The van der Waals surface area contributed by atoms with Crippen LogP contribution in [0.5, 0.6) is 0 Å². The number of sulfonamides is 1. The van der Waals surface area contributed by atoms with E-state index in [-0.39, 0.29) is 18.0 Å². The van der Waals surface area contributed by atoms with E-state index in [0.29, 0.717) is 24.2 Å². The summed E-state index contributed by atoms with van der Waals surface area (Å²) in [6.07, 6.45) is 3.63. The van der Waals surface area contributed by atoms with Crippen molar-refractivity contribution in [2.75, 3.05) is 17.1 Å². The third kappa shape index (κ3) is 3.06. The van der Waals surface area contributed by atoms with E-state index in [0.717, 1.165) is 35.3 Å². The van der Waals surface area contributed by atoms with Crippen molar-refractivity contribution < 1.29 is 13.2 Å². The summed E-state index contributed by atoms with van der Waals surface area (Å²) in [5.41, 5.74) is 4.05. The molecular formula is C22H24N4O3S. The van der Waals surface area contributed by atoms with Crippen molar-refractivity contribution in [1.82, 2.24) is 14.9 Å². The maximum Gasteiger partial charge on any atom is 0.254 e. The van der Waals surface area contributed by atoms with Gasteiger partial charge < -0.3 is 9.88 Å². The number of rotatable bonds is 3. The molecule has 2 unspecified atom stereocenters. The van der Waals surface area contributed by atoms with Crippen LogP contribution in [-0.2, 0) is 16.4 Å². The van der Waals surface area contributed by atoms with Gasteiger partial charge in [0.25, 0.3) is 5.91 Å². The van der Waals surface area contributed by atoms with Crippen LogP contribution in [0.2, 0.25) is 0 Å². The van der Waals surface area contributed by atoms with E-state index in [9.17, 15) is 13.2 Å². The minimum absolute atomic E-state index is 0.0359. The monoisotopic (exact) mass is 424 g/mol. The zero-order valence-corrected chi connectivity index (χ0v) is 17.8. The number of aromatic nitrogens is 2. The molecule has 30 heavy (non-hydrogen) atoms. The maximum atomic E-state index is 13.4. The van der Waals surface area contributed by atoms with E-state index in [4.69, 9.17) is 4.98 Å². The summed E-state index contributed by atoms with van der Waals surface area (Å²) in [6.45, 7) is 2.57. The smallest absolute Gasteiger partial charge is 0.254 e. The van der Waals surface area contributed by atoms with Crippen molar-refractivity contribution in [3.8, 4) is 0 Å². The summed E-state index contributed by atoms with van der Waals surface area (Å²) in [5.74, 6) is 0.784. The largest absolute Gasteiger partial charge is 0.340 e. The van der Waals surface area contributed by atoms with Gasteiger partial charge in [0, 0.05) is 18.2 Å². The number of benzene rings is 2. The van der Waals surface area contributed by atoms with Crippen molar-refractivity contribution in [1.29, 1.82) is 0 Å². The molecule has 2 aliphatic heterocycles. The fourth-order valence-corrected chi connectivity index (χ4v) is 6.10. The molecule has 7 nitrogen and oxygen atoms in total. The first-order chi connectivity index (χ1) is 14.3. The molecule has 0 bridgehead atoms. The Morgan fingerprint density at radius 3 is 2.77 bits per heavy atom. The zero-order valence-electron chi connectivity index (χ0n) is 17.0. The molecule has 8 heteroatoms. The number of anilines is 1. The Morgan fingerprint density at radius 2 is 2.00 bits per heavy atom. The maximum absolute atomic E-state index is 13.4. The van der Waals surface area contributed by atoms with Gasteiger partial charge in [0.15, 0.2) is 0 Å². The van der Waals surface area contributed by atoms with Gasteiger partial charge in [-0.05, 0) is 62.1 Å². The highest BCUT2D eigenvalue weighted by Crippen LogP contribution is 2.37. The first kappa shape index (κ1) is 19.1. The van der Waals surface area contributed by atoms with Crippen molar-refractivity contribution in [3.05, 3.63) is 59.4 Å². The number of carbonyl (C=O) groups excluding carboxylic acids is 1. The van der Waals surface area contributed by atoms with E-state index in [1.165, 1.54) is 10.6 Å². The van der Waals surface area contributed by atoms with Crippen LogP contribution in [0.4, 0.5) is 5.69 Å². The summed E-state index contributed by atoms with van der Waals surface area (Å²) >= 11 is 0. The molecule has 1 N–H and O–H groups in total. The highest BCUT2D eigenvalue weighted by Gasteiger charge is 2.35. The molecule has 1 amide bonds. The summed E-state index contributed by atoms with van der Waals surface area (Å²) in [4.78, 5) is 23.3. The highest BCUT2D eigenvalue weighted by molar-refractivity contribution is 7.92. The minimum Gasteiger partial charge on any atom is -0.340 e. The number of likely N-dealkylation sites (tertiary alicyclic amines) is 1. The van der Waals surface area contributed by atoms with Gasteiger partial charge in [-0.2, -0.15) is 0 Å². The fraction of sp³-hybridized carbons (Fsp3) is 0.364. The molecule has 1 fully saturated rings. The quantitative estimate of drug-likeness (QED) is 0.699. The minimum atomic E-state index is -3.35. The van der Waals surface area contributed by atoms with Gasteiger partial charge in [0.05, 0.1) is 29.0 Å². The number of amides is 1. The Labute approximate surface area is 175 Å². The Hall–Kier alpha value is -2.87. The molecule has 156 valence electrons. The summed E-state index contributed by atoms with van der Waals surface area (Å²) < 4.78 is 25.7. The number of para-hydroxylation sites is 2. The van der Waals surface area contributed by atoms with Crippen LogP contribution < -0.4 is 4.31 Å². The number of carbonyl (C=O) groups is 1. The number of hydrogen-bond acceptors (Lipinski definition) is 4. The average molecular weight is 425 g/mol. The second-order valence-corrected chi connectivity index (χ2v) is 10.1.